The van der Waals surface area contributed by atoms with Gasteiger partial charge in [0.05, 0.1) is 6.54 Å². The van der Waals surface area contributed by atoms with Gasteiger partial charge in [-0.2, -0.15) is 0 Å². The zero-order valence-corrected chi connectivity index (χ0v) is 12.4. The summed E-state index contributed by atoms with van der Waals surface area (Å²) in [7, 11) is 3.72. The van der Waals surface area contributed by atoms with E-state index in [1.54, 1.807) is 19.2 Å². The van der Waals surface area contributed by atoms with Gasteiger partial charge >= 0.3 is 0 Å². The standard InChI is InChI=1S/C14H18ClN3O2/c1-18(8-3-9-19-2)10-13-16-17-14(20-13)11-4-6-12(15)7-5-11/h4-7H,3,8-10H2,1-2H3. The first kappa shape index (κ1) is 15.0. The van der Waals surface area contributed by atoms with E-state index in [4.69, 9.17) is 20.8 Å². The quantitative estimate of drug-likeness (QED) is 0.735. The van der Waals surface area contributed by atoms with Crippen molar-refractivity contribution in [2.24, 2.45) is 0 Å². The number of rotatable bonds is 7. The second-order valence-corrected chi connectivity index (χ2v) is 5.03. The molecule has 0 fully saturated rings. The van der Waals surface area contributed by atoms with Crippen molar-refractivity contribution < 1.29 is 9.15 Å². The molecule has 0 aliphatic carbocycles. The molecular formula is C14H18ClN3O2. The number of hydrogen-bond acceptors (Lipinski definition) is 5. The summed E-state index contributed by atoms with van der Waals surface area (Å²) < 4.78 is 10.7. The van der Waals surface area contributed by atoms with E-state index in [9.17, 15) is 0 Å². The number of ether oxygens (including phenoxy) is 1. The summed E-state index contributed by atoms with van der Waals surface area (Å²) in [6, 6.07) is 7.33. The van der Waals surface area contributed by atoms with Gasteiger partial charge in [-0.05, 0) is 37.7 Å². The second kappa shape index (κ2) is 7.38. The fraction of sp³-hybridized carbons (Fsp3) is 0.429. The third kappa shape index (κ3) is 4.30. The molecule has 1 aromatic carbocycles. The molecule has 5 nitrogen and oxygen atoms in total. The van der Waals surface area contributed by atoms with E-state index in [0.717, 1.165) is 25.1 Å². The Bertz CT molecular complexity index is 527. The molecule has 6 heteroatoms. The minimum atomic E-state index is 0.516. The van der Waals surface area contributed by atoms with Crippen LogP contribution in [0.4, 0.5) is 0 Å². The van der Waals surface area contributed by atoms with Crippen LogP contribution in [0.15, 0.2) is 28.7 Å². The van der Waals surface area contributed by atoms with Crippen LogP contribution >= 0.6 is 11.6 Å². The Balaban J connectivity index is 1.93. The third-order valence-electron chi connectivity index (χ3n) is 2.85. The van der Waals surface area contributed by atoms with Gasteiger partial charge in [-0.15, -0.1) is 10.2 Å². The van der Waals surface area contributed by atoms with Gasteiger partial charge < -0.3 is 9.15 Å². The largest absolute Gasteiger partial charge is 0.419 e. The van der Waals surface area contributed by atoms with Gasteiger partial charge in [0, 0.05) is 30.8 Å². The molecule has 0 unspecified atom stereocenters. The van der Waals surface area contributed by atoms with Crippen molar-refractivity contribution in [3.8, 4) is 11.5 Å². The molecule has 0 aliphatic rings. The summed E-state index contributed by atoms with van der Waals surface area (Å²) in [4.78, 5) is 2.12. The monoisotopic (exact) mass is 295 g/mol. The maximum Gasteiger partial charge on any atom is 0.247 e. The normalized spacial score (nSPS) is 11.2. The lowest BCUT2D eigenvalue weighted by Crippen LogP contribution is -2.20. The Hall–Kier alpha value is -1.43. The smallest absolute Gasteiger partial charge is 0.247 e. The Morgan fingerprint density at radius 3 is 2.70 bits per heavy atom. The molecule has 1 aromatic heterocycles. The van der Waals surface area contributed by atoms with Crippen molar-refractivity contribution in [1.82, 2.24) is 15.1 Å². The molecule has 0 N–H and O–H groups in total. The highest BCUT2D eigenvalue weighted by molar-refractivity contribution is 6.30. The van der Waals surface area contributed by atoms with Crippen LogP contribution < -0.4 is 0 Å². The Morgan fingerprint density at radius 2 is 2.00 bits per heavy atom. The molecule has 20 heavy (non-hydrogen) atoms. The van der Waals surface area contributed by atoms with Crippen LogP contribution in [-0.4, -0.2) is 42.4 Å². The fourth-order valence-corrected chi connectivity index (χ4v) is 1.94. The van der Waals surface area contributed by atoms with Gasteiger partial charge in [0.1, 0.15) is 0 Å². The number of aromatic nitrogens is 2. The molecule has 108 valence electrons. The summed E-state index contributed by atoms with van der Waals surface area (Å²) >= 11 is 5.85. The molecule has 0 saturated carbocycles. The Kier molecular flexibility index (Phi) is 5.52. The van der Waals surface area contributed by atoms with E-state index >= 15 is 0 Å². The lowest BCUT2D eigenvalue weighted by atomic mass is 10.2. The SMILES string of the molecule is COCCCN(C)Cc1nnc(-c2ccc(Cl)cc2)o1. The lowest BCUT2D eigenvalue weighted by molar-refractivity contribution is 0.175. The van der Waals surface area contributed by atoms with E-state index < -0.39 is 0 Å². The van der Waals surface area contributed by atoms with E-state index in [0.29, 0.717) is 23.3 Å². The molecule has 2 aromatic rings. The number of nitrogens with zero attached hydrogens (tertiary/aromatic N) is 3. The molecule has 0 spiro atoms. The van der Waals surface area contributed by atoms with Gasteiger partial charge in [0.15, 0.2) is 0 Å². The predicted molar refractivity (Wildman–Crippen MR) is 77.6 cm³/mol. The minimum Gasteiger partial charge on any atom is -0.419 e. The maximum absolute atomic E-state index is 5.85. The zero-order chi connectivity index (χ0) is 14.4. The molecule has 0 bridgehead atoms. The van der Waals surface area contributed by atoms with Gasteiger partial charge in [-0.3, -0.25) is 4.90 Å². The van der Waals surface area contributed by atoms with Gasteiger partial charge in [0.2, 0.25) is 11.8 Å². The summed E-state index contributed by atoms with van der Waals surface area (Å²) in [5.41, 5.74) is 0.871. The van der Waals surface area contributed by atoms with Crippen molar-refractivity contribution >= 4 is 11.6 Å². The van der Waals surface area contributed by atoms with Gasteiger partial charge in [-0.1, -0.05) is 11.6 Å². The predicted octanol–water partition coefficient (Wildman–Crippen LogP) is 2.86. The first-order valence-electron chi connectivity index (χ1n) is 6.45. The maximum atomic E-state index is 5.85. The Morgan fingerprint density at radius 1 is 1.25 bits per heavy atom. The highest BCUT2D eigenvalue weighted by Gasteiger charge is 2.10. The van der Waals surface area contributed by atoms with Gasteiger partial charge in [-0.25, -0.2) is 0 Å². The van der Waals surface area contributed by atoms with Crippen LogP contribution in [-0.2, 0) is 11.3 Å². The molecule has 0 aliphatic heterocycles. The summed E-state index contributed by atoms with van der Waals surface area (Å²) in [6.45, 7) is 2.31. The molecule has 2 rings (SSSR count). The topological polar surface area (TPSA) is 51.4 Å². The molecule has 0 saturated heterocycles. The second-order valence-electron chi connectivity index (χ2n) is 4.59. The first-order valence-corrected chi connectivity index (χ1v) is 6.82. The number of hydrogen-bond donors (Lipinski definition) is 0. The van der Waals surface area contributed by atoms with Crippen molar-refractivity contribution in [1.29, 1.82) is 0 Å². The van der Waals surface area contributed by atoms with Crippen molar-refractivity contribution in [3.05, 3.63) is 35.2 Å². The average Bonchev–Trinajstić information content (AvgIpc) is 2.88. The fourth-order valence-electron chi connectivity index (χ4n) is 1.82. The van der Waals surface area contributed by atoms with Crippen LogP contribution in [0, 0.1) is 0 Å². The molecule has 0 radical (unpaired) electrons. The molecular weight excluding hydrogens is 278 g/mol. The first-order chi connectivity index (χ1) is 9.69. The van der Waals surface area contributed by atoms with E-state index in [1.165, 1.54) is 0 Å². The summed E-state index contributed by atoms with van der Waals surface area (Å²) in [5.74, 6) is 1.12. The van der Waals surface area contributed by atoms with Crippen molar-refractivity contribution in [2.75, 3.05) is 27.3 Å². The number of benzene rings is 1. The summed E-state index contributed by atoms with van der Waals surface area (Å²) in [6.07, 6.45) is 0.977. The van der Waals surface area contributed by atoms with E-state index in [-0.39, 0.29) is 0 Å². The van der Waals surface area contributed by atoms with Gasteiger partial charge in [0.25, 0.3) is 0 Å². The van der Waals surface area contributed by atoms with Crippen LogP contribution in [0.5, 0.6) is 0 Å². The zero-order valence-electron chi connectivity index (χ0n) is 11.7. The van der Waals surface area contributed by atoms with E-state index in [2.05, 4.69) is 15.1 Å². The van der Waals surface area contributed by atoms with Crippen LogP contribution in [0.1, 0.15) is 12.3 Å². The van der Waals surface area contributed by atoms with Crippen molar-refractivity contribution in [2.45, 2.75) is 13.0 Å². The van der Waals surface area contributed by atoms with Crippen LogP contribution in [0.25, 0.3) is 11.5 Å². The molecule has 1 heterocycles. The number of halogens is 1. The highest BCUT2D eigenvalue weighted by atomic mass is 35.5. The average molecular weight is 296 g/mol. The Labute approximate surface area is 123 Å². The van der Waals surface area contributed by atoms with Crippen LogP contribution in [0.3, 0.4) is 0 Å². The molecule has 0 amide bonds. The lowest BCUT2D eigenvalue weighted by Gasteiger charge is -2.13. The minimum absolute atomic E-state index is 0.516. The number of methoxy groups -OCH3 is 1. The van der Waals surface area contributed by atoms with Crippen LogP contribution in [0.2, 0.25) is 5.02 Å². The summed E-state index contributed by atoms with van der Waals surface area (Å²) in [5, 5.41) is 8.80. The van der Waals surface area contributed by atoms with Crippen molar-refractivity contribution in [3.63, 3.8) is 0 Å². The molecule has 0 atom stereocenters. The van der Waals surface area contributed by atoms with E-state index in [1.807, 2.05) is 19.2 Å². The highest BCUT2D eigenvalue weighted by Crippen LogP contribution is 2.20. The third-order valence-corrected chi connectivity index (χ3v) is 3.10.